The third-order valence-electron chi connectivity index (χ3n) is 4.98. The number of nitrogens with one attached hydrogen (secondary N) is 2. The predicted molar refractivity (Wildman–Crippen MR) is 99.1 cm³/mol. The van der Waals surface area contributed by atoms with E-state index in [1.165, 1.54) is 0 Å². The summed E-state index contributed by atoms with van der Waals surface area (Å²) in [7, 11) is 1.80. The second kappa shape index (κ2) is 6.92. The summed E-state index contributed by atoms with van der Waals surface area (Å²) < 4.78 is 7.45. The van der Waals surface area contributed by atoms with Crippen LogP contribution in [0.4, 0.5) is 5.95 Å². The van der Waals surface area contributed by atoms with Gasteiger partial charge in [0.1, 0.15) is 11.3 Å². The lowest BCUT2D eigenvalue weighted by atomic mass is 9.98. The number of benzene rings is 1. The maximum absolute atomic E-state index is 12.7. The summed E-state index contributed by atoms with van der Waals surface area (Å²) >= 11 is 0. The summed E-state index contributed by atoms with van der Waals surface area (Å²) in [5, 5.41) is 11.7. The second-order valence-corrected chi connectivity index (χ2v) is 6.84. The summed E-state index contributed by atoms with van der Waals surface area (Å²) in [5.74, 6) is 1.70. The fourth-order valence-corrected chi connectivity index (χ4v) is 3.33. The monoisotopic (exact) mass is 353 g/mol. The quantitative estimate of drug-likeness (QED) is 0.753. The SMILES string of the molecule is CC(C(=O)Nc1nc(C2CCNCC2)nn1C)c1cc2ccccc2o1. The van der Waals surface area contributed by atoms with Crippen molar-refractivity contribution in [2.75, 3.05) is 18.4 Å². The first-order chi connectivity index (χ1) is 12.6. The molecule has 136 valence electrons. The Labute approximate surface area is 151 Å². The zero-order valence-electron chi connectivity index (χ0n) is 15.0. The van der Waals surface area contributed by atoms with Crippen LogP contribution in [0.2, 0.25) is 0 Å². The molecule has 1 aliphatic heterocycles. The number of hydrogen-bond acceptors (Lipinski definition) is 5. The Hall–Kier alpha value is -2.67. The van der Waals surface area contributed by atoms with E-state index in [2.05, 4.69) is 20.7 Å². The molecule has 7 nitrogen and oxygen atoms in total. The molecule has 1 unspecified atom stereocenters. The van der Waals surface area contributed by atoms with Crippen LogP contribution in [0.25, 0.3) is 11.0 Å². The molecule has 3 heterocycles. The molecule has 4 rings (SSSR count). The van der Waals surface area contributed by atoms with Crippen molar-refractivity contribution in [3.05, 3.63) is 41.9 Å². The summed E-state index contributed by atoms with van der Waals surface area (Å²) in [5.41, 5.74) is 0.786. The van der Waals surface area contributed by atoms with Crippen molar-refractivity contribution in [3.63, 3.8) is 0 Å². The van der Waals surface area contributed by atoms with Crippen molar-refractivity contribution in [3.8, 4) is 0 Å². The molecule has 26 heavy (non-hydrogen) atoms. The van der Waals surface area contributed by atoms with E-state index in [1.807, 2.05) is 37.3 Å². The van der Waals surface area contributed by atoms with Gasteiger partial charge in [0, 0.05) is 18.4 Å². The lowest BCUT2D eigenvalue weighted by molar-refractivity contribution is -0.117. The molecular weight excluding hydrogens is 330 g/mol. The first kappa shape index (κ1) is 16.8. The largest absolute Gasteiger partial charge is 0.460 e. The highest BCUT2D eigenvalue weighted by Crippen LogP contribution is 2.27. The van der Waals surface area contributed by atoms with E-state index in [0.717, 1.165) is 42.7 Å². The van der Waals surface area contributed by atoms with E-state index in [4.69, 9.17) is 4.42 Å². The number of piperidine rings is 1. The molecular formula is C19H23N5O2. The average Bonchev–Trinajstić information content (AvgIpc) is 3.25. The highest BCUT2D eigenvalue weighted by Gasteiger charge is 2.24. The molecule has 1 atom stereocenters. The van der Waals surface area contributed by atoms with Crippen LogP contribution in [-0.4, -0.2) is 33.8 Å². The number of carbonyl (C=O) groups is 1. The van der Waals surface area contributed by atoms with Gasteiger partial charge in [-0.05, 0) is 45.0 Å². The van der Waals surface area contributed by atoms with Gasteiger partial charge in [0.05, 0.1) is 5.92 Å². The molecule has 0 radical (unpaired) electrons. The number of amides is 1. The molecule has 3 aromatic rings. The van der Waals surface area contributed by atoms with Gasteiger partial charge < -0.3 is 9.73 Å². The van der Waals surface area contributed by atoms with E-state index < -0.39 is 5.92 Å². The molecule has 1 aliphatic rings. The number of para-hydroxylation sites is 1. The predicted octanol–water partition coefficient (Wildman–Crippen LogP) is 2.77. The van der Waals surface area contributed by atoms with Crippen molar-refractivity contribution in [1.82, 2.24) is 20.1 Å². The van der Waals surface area contributed by atoms with Crippen LogP contribution in [0.1, 0.15) is 43.2 Å². The average molecular weight is 353 g/mol. The topological polar surface area (TPSA) is 85.0 Å². The van der Waals surface area contributed by atoms with E-state index in [0.29, 0.717) is 17.6 Å². The number of nitrogens with zero attached hydrogens (tertiary/aromatic N) is 3. The van der Waals surface area contributed by atoms with Crippen molar-refractivity contribution < 1.29 is 9.21 Å². The number of anilines is 1. The van der Waals surface area contributed by atoms with E-state index in [-0.39, 0.29) is 5.91 Å². The standard InChI is InChI=1S/C19H23N5O2/c1-12(16-11-14-5-3-4-6-15(14)26-16)18(25)22-19-21-17(23-24(19)2)13-7-9-20-10-8-13/h3-6,11-13,20H,7-10H2,1-2H3,(H,21,22,23,25). The number of rotatable bonds is 4. The van der Waals surface area contributed by atoms with Gasteiger partial charge in [-0.1, -0.05) is 18.2 Å². The van der Waals surface area contributed by atoms with Crippen molar-refractivity contribution in [1.29, 1.82) is 0 Å². The molecule has 0 bridgehead atoms. The van der Waals surface area contributed by atoms with Gasteiger partial charge in [0.15, 0.2) is 5.82 Å². The van der Waals surface area contributed by atoms with E-state index in [1.54, 1.807) is 11.7 Å². The highest BCUT2D eigenvalue weighted by molar-refractivity contribution is 5.94. The normalized spacial score (nSPS) is 16.7. The van der Waals surface area contributed by atoms with Crippen molar-refractivity contribution in [2.45, 2.75) is 31.6 Å². The van der Waals surface area contributed by atoms with Crippen LogP contribution in [0.15, 0.2) is 34.7 Å². The molecule has 2 N–H and O–H groups in total. The fraction of sp³-hybridized carbons (Fsp3) is 0.421. The minimum absolute atomic E-state index is 0.156. The minimum Gasteiger partial charge on any atom is -0.460 e. The third-order valence-corrected chi connectivity index (χ3v) is 4.98. The summed E-state index contributed by atoms with van der Waals surface area (Å²) in [6.45, 7) is 3.79. The zero-order chi connectivity index (χ0) is 18.1. The molecule has 1 aromatic carbocycles. The van der Waals surface area contributed by atoms with Gasteiger partial charge in [0.25, 0.3) is 0 Å². The van der Waals surface area contributed by atoms with Gasteiger partial charge >= 0.3 is 0 Å². The zero-order valence-corrected chi connectivity index (χ0v) is 15.0. The maximum atomic E-state index is 12.7. The van der Waals surface area contributed by atoms with Gasteiger partial charge in [0.2, 0.25) is 11.9 Å². The van der Waals surface area contributed by atoms with Crippen LogP contribution >= 0.6 is 0 Å². The number of furan rings is 1. The van der Waals surface area contributed by atoms with Gasteiger partial charge in [-0.3, -0.25) is 10.1 Å². The Bertz CT molecular complexity index is 890. The Morgan fingerprint density at radius 3 is 2.88 bits per heavy atom. The lowest BCUT2D eigenvalue weighted by Crippen LogP contribution is -2.27. The molecule has 0 aliphatic carbocycles. The Balaban J connectivity index is 1.49. The summed E-state index contributed by atoms with van der Waals surface area (Å²) in [4.78, 5) is 17.2. The molecule has 1 saturated heterocycles. The van der Waals surface area contributed by atoms with Crippen molar-refractivity contribution >= 4 is 22.8 Å². The fourth-order valence-electron chi connectivity index (χ4n) is 3.33. The van der Waals surface area contributed by atoms with Crippen LogP contribution in [-0.2, 0) is 11.8 Å². The number of carbonyl (C=O) groups excluding carboxylic acids is 1. The number of fused-ring (bicyclic) bond motifs is 1. The summed E-state index contributed by atoms with van der Waals surface area (Å²) in [6.07, 6.45) is 2.04. The van der Waals surface area contributed by atoms with Crippen LogP contribution in [0.5, 0.6) is 0 Å². The molecule has 1 fully saturated rings. The third kappa shape index (κ3) is 3.22. The second-order valence-electron chi connectivity index (χ2n) is 6.84. The molecule has 1 amide bonds. The first-order valence-electron chi connectivity index (χ1n) is 9.03. The summed E-state index contributed by atoms with van der Waals surface area (Å²) in [6, 6.07) is 9.66. The Kier molecular flexibility index (Phi) is 4.46. The van der Waals surface area contributed by atoms with Gasteiger partial charge in [-0.15, -0.1) is 0 Å². The van der Waals surface area contributed by atoms with Gasteiger partial charge in [-0.25, -0.2) is 4.68 Å². The smallest absolute Gasteiger partial charge is 0.237 e. The molecule has 0 spiro atoms. The van der Waals surface area contributed by atoms with E-state index >= 15 is 0 Å². The van der Waals surface area contributed by atoms with Crippen molar-refractivity contribution in [2.24, 2.45) is 7.05 Å². The van der Waals surface area contributed by atoms with Gasteiger partial charge in [-0.2, -0.15) is 10.1 Å². The molecule has 2 aromatic heterocycles. The van der Waals surface area contributed by atoms with Crippen LogP contribution < -0.4 is 10.6 Å². The van der Waals surface area contributed by atoms with Crippen LogP contribution in [0.3, 0.4) is 0 Å². The lowest BCUT2D eigenvalue weighted by Gasteiger charge is -2.19. The molecule has 7 heteroatoms. The number of aromatic nitrogens is 3. The van der Waals surface area contributed by atoms with E-state index in [9.17, 15) is 4.79 Å². The Morgan fingerprint density at radius 2 is 2.12 bits per heavy atom. The first-order valence-corrected chi connectivity index (χ1v) is 9.03. The number of hydrogen-bond donors (Lipinski definition) is 2. The highest BCUT2D eigenvalue weighted by atomic mass is 16.3. The number of aryl methyl sites for hydroxylation is 1. The molecule has 0 saturated carbocycles. The Morgan fingerprint density at radius 1 is 1.35 bits per heavy atom. The van der Waals surface area contributed by atoms with Crippen LogP contribution in [0, 0.1) is 0 Å². The minimum atomic E-state index is -0.415. The maximum Gasteiger partial charge on any atom is 0.237 e.